The Morgan fingerprint density at radius 1 is 0.871 bits per heavy atom. The highest BCUT2D eigenvalue weighted by molar-refractivity contribution is 5.91. The van der Waals surface area contributed by atoms with Gasteiger partial charge in [-0.2, -0.15) is 0 Å². The maximum atomic E-state index is 13.8. The molecule has 0 unspecified atom stereocenters. The topological polar surface area (TPSA) is 55.4 Å². The second-order valence-corrected chi connectivity index (χ2v) is 10.3. The van der Waals surface area contributed by atoms with E-state index in [2.05, 4.69) is 29.6 Å². The smallest absolute Gasteiger partial charge is 0.329 e. The zero-order valence-electron chi connectivity index (χ0n) is 18.0. The number of methoxy groups -OCH3 is 1. The van der Waals surface area contributed by atoms with Crippen LogP contribution in [0.2, 0.25) is 0 Å². The molecule has 0 heterocycles. The Kier molecular flexibility index (Phi) is 4.28. The number of esters is 1. The van der Waals surface area contributed by atoms with Crippen LogP contribution >= 0.6 is 0 Å². The van der Waals surface area contributed by atoms with Crippen LogP contribution in [0.15, 0.2) is 48.5 Å². The summed E-state index contributed by atoms with van der Waals surface area (Å²) in [6, 6.07) is 15.7. The van der Waals surface area contributed by atoms with Gasteiger partial charge in [0.25, 0.3) is 0 Å². The van der Waals surface area contributed by atoms with Crippen LogP contribution in [0.25, 0.3) is 11.1 Å². The molecule has 0 radical (unpaired) electrons. The second-order valence-electron chi connectivity index (χ2n) is 10.3. The minimum atomic E-state index is -0.713. The summed E-state index contributed by atoms with van der Waals surface area (Å²) in [4.78, 5) is 26.8. The van der Waals surface area contributed by atoms with Crippen molar-refractivity contribution in [2.75, 3.05) is 7.11 Å². The molecule has 2 aromatic carbocycles. The lowest BCUT2D eigenvalue weighted by Gasteiger charge is -2.55. The molecule has 7 rings (SSSR count). The molecule has 0 aliphatic heterocycles. The first kappa shape index (κ1) is 19.1. The van der Waals surface area contributed by atoms with Gasteiger partial charge in [0.05, 0.1) is 7.11 Å². The molecule has 0 aromatic heterocycles. The van der Waals surface area contributed by atoms with Gasteiger partial charge in [0.1, 0.15) is 6.04 Å². The maximum absolute atomic E-state index is 13.8. The normalized spacial score (nSPS) is 31.1. The van der Waals surface area contributed by atoms with E-state index in [1.54, 1.807) is 0 Å². The summed E-state index contributed by atoms with van der Waals surface area (Å²) in [5.41, 5.74) is 4.16. The summed E-state index contributed by atoms with van der Waals surface area (Å²) in [5.74, 6) is 1.53. The zero-order chi connectivity index (χ0) is 21.2. The molecule has 4 fully saturated rings. The molecule has 0 spiro atoms. The van der Waals surface area contributed by atoms with E-state index >= 15 is 0 Å². The van der Waals surface area contributed by atoms with E-state index < -0.39 is 6.04 Å². The highest BCUT2D eigenvalue weighted by Crippen LogP contribution is 2.60. The largest absolute Gasteiger partial charge is 0.467 e. The van der Waals surface area contributed by atoms with E-state index in [0.29, 0.717) is 17.8 Å². The fourth-order valence-corrected chi connectivity index (χ4v) is 7.64. The van der Waals surface area contributed by atoms with Crippen molar-refractivity contribution in [3.63, 3.8) is 0 Å². The highest BCUT2D eigenvalue weighted by Gasteiger charge is 2.55. The fraction of sp³-hybridized carbons (Fsp3) is 0.481. The summed E-state index contributed by atoms with van der Waals surface area (Å²) in [6.45, 7) is 0. The molecule has 5 aliphatic rings. The minimum Gasteiger partial charge on any atom is -0.467 e. The average Bonchev–Trinajstić information content (AvgIpc) is 3.10. The van der Waals surface area contributed by atoms with Gasteiger partial charge < -0.3 is 10.1 Å². The Hall–Kier alpha value is -2.62. The van der Waals surface area contributed by atoms with Gasteiger partial charge >= 0.3 is 5.97 Å². The van der Waals surface area contributed by atoms with E-state index in [1.165, 1.54) is 26.4 Å². The molecule has 160 valence electrons. The van der Waals surface area contributed by atoms with Crippen LogP contribution in [0.1, 0.15) is 55.6 Å². The molecule has 4 saturated carbocycles. The van der Waals surface area contributed by atoms with E-state index in [1.807, 2.05) is 24.3 Å². The number of benzene rings is 2. The third-order valence-electron chi connectivity index (χ3n) is 8.48. The number of rotatable bonds is 4. The Morgan fingerprint density at radius 3 is 1.84 bits per heavy atom. The molecule has 4 heteroatoms. The molecule has 5 aliphatic carbocycles. The van der Waals surface area contributed by atoms with Crippen LogP contribution in [0, 0.1) is 23.2 Å². The summed E-state index contributed by atoms with van der Waals surface area (Å²) in [7, 11) is 1.42. The number of carbonyl (C=O) groups is 2. The third kappa shape index (κ3) is 2.87. The second kappa shape index (κ2) is 6.94. The van der Waals surface area contributed by atoms with Crippen molar-refractivity contribution in [2.24, 2.45) is 23.2 Å². The van der Waals surface area contributed by atoms with Gasteiger partial charge in [-0.1, -0.05) is 48.5 Å². The molecule has 1 amide bonds. The number of hydrogen-bond donors (Lipinski definition) is 1. The van der Waals surface area contributed by atoms with Gasteiger partial charge in [0, 0.05) is 11.3 Å². The first-order valence-corrected chi connectivity index (χ1v) is 11.6. The van der Waals surface area contributed by atoms with Crippen LogP contribution in [0.5, 0.6) is 0 Å². The molecule has 4 bridgehead atoms. The molecule has 1 atom stereocenters. The number of ether oxygens (including phenoxy) is 1. The fourth-order valence-electron chi connectivity index (χ4n) is 7.64. The van der Waals surface area contributed by atoms with E-state index in [4.69, 9.17) is 4.74 Å². The Bertz CT molecular complexity index is 977. The Morgan fingerprint density at radius 2 is 1.35 bits per heavy atom. The van der Waals surface area contributed by atoms with E-state index in [9.17, 15) is 9.59 Å². The predicted octanol–water partition coefficient (Wildman–Crippen LogP) is 4.67. The first-order valence-electron chi connectivity index (χ1n) is 11.6. The van der Waals surface area contributed by atoms with Crippen molar-refractivity contribution in [3.05, 3.63) is 59.7 Å². The summed E-state index contributed by atoms with van der Waals surface area (Å²) < 4.78 is 5.22. The van der Waals surface area contributed by atoms with Gasteiger partial charge in [-0.25, -0.2) is 4.79 Å². The third-order valence-corrected chi connectivity index (χ3v) is 8.48. The molecule has 2 aromatic rings. The Labute approximate surface area is 183 Å². The lowest BCUT2D eigenvalue weighted by molar-refractivity contribution is -0.153. The molecular formula is C27H29NO3. The molecular weight excluding hydrogens is 386 g/mol. The average molecular weight is 416 g/mol. The van der Waals surface area contributed by atoms with Gasteiger partial charge in [-0.05, 0) is 78.5 Å². The molecule has 4 nitrogen and oxygen atoms in total. The van der Waals surface area contributed by atoms with Gasteiger partial charge in [-0.3, -0.25) is 4.79 Å². The molecule has 31 heavy (non-hydrogen) atoms. The van der Waals surface area contributed by atoms with E-state index in [-0.39, 0.29) is 23.2 Å². The maximum Gasteiger partial charge on any atom is 0.329 e. The number of fused-ring (bicyclic) bond motifs is 3. The van der Waals surface area contributed by atoms with Crippen LogP contribution in [0.3, 0.4) is 0 Å². The predicted molar refractivity (Wildman–Crippen MR) is 118 cm³/mol. The van der Waals surface area contributed by atoms with Crippen molar-refractivity contribution in [2.45, 2.75) is 50.5 Å². The first-order chi connectivity index (χ1) is 15.1. The standard InChI is InChI=1S/C27H29NO3/c1-31-25(29)24(23-21-8-4-2-6-19(21)20-7-3-5-9-22(20)23)28-26(30)27-13-16-10-17(14-27)12-18(11-16)15-27/h2-9,16-18,23-24H,10-15H2,1H3,(H,28,30)/t16?,17?,18?,24-,27?/m0/s1. The lowest BCUT2D eigenvalue weighted by atomic mass is 9.49. The van der Waals surface area contributed by atoms with E-state index in [0.717, 1.165) is 41.5 Å². The highest BCUT2D eigenvalue weighted by atomic mass is 16.5. The zero-order valence-corrected chi connectivity index (χ0v) is 18.0. The van der Waals surface area contributed by atoms with Crippen LogP contribution < -0.4 is 5.32 Å². The minimum absolute atomic E-state index is 0.0730. The molecule has 1 N–H and O–H groups in total. The van der Waals surface area contributed by atoms with Crippen LogP contribution in [-0.2, 0) is 14.3 Å². The van der Waals surface area contributed by atoms with Crippen molar-refractivity contribution in [1.82, 2.24) is 5.32 Å². The van der Waals surface area contributed by atoms with Crippen molar-refractivity contribution in [3.8, 4) is 11.1 Å². The van der Waals surface area contributed by atoms with Crippen molar-refractivity contribution >= 4 is 11.9 Å². The SMILES string of the molecule is COC(=O)[C@@H](NC(=O)C12CC3CC(CC(C3)C1)C2)C1c2ccccc2-c2ccccc21. The lowest BCUT2D eigenvalue weighted by Crippen LogP contribution is -2.57. The summed E-state index contributed by atoms with van der Waals surface area (Å²) >= 11 is 0. The van der Waals surface area contributed by atoms with Gasteiger partial charge in [0.15, 0.2) is 0 Å². The summed E-state index contributed by atoms with van der Waals surface area (Å²) in [5, 5.41) is 3.23. The van der Waals surface area contributed by atoms with Gasteiger partial charge in [0.2, 0.25) is 5.91 Å². The number of nitrogens with one attached hydrogen (secondary N) is 1. The molecule has 0 saturated heterocycles. The van der Waals surface area contributed by atoms with Crippen molar-refractivity contribution in [1.29, 1.82) is 0 Å². The van der Waals surface area contributed by atoms with Crippen LogP contribution in [0.4, 0.5) is 0 Å². The monoisotopic (exact) mass is 415 g/mol. The van der Waals surface area contributed by atoms with Crippen molar-refractivity contribution < 1.29 is 14.3 Å². The number of carbonyl (C=O) groups excluding carboxylic acids is 2. The quantitative estimate of drug-likeness (QED) is 0.738. The summed E-state index contributed by atoms with van der Waals surface area (Å²) in [6.07, 6.45) is 6.81. The number of amides is 1. The van der Waals surface area contributed by atoms with Gasteiger partial charge in [-0.15, -0.1) is 0 Å². The number of hydrogen-bond acceptors (Lipinski definition) is 3. The Balaban J connectivity index is 1.37. The van der Waals surface area contributed by atoms with Crippen LogP contribution in [-0.4, -0.2) is 25.0 Å².